The number of nitrogens with zero attached hydrogens (tertiary/aromatic N) is 2. The zero-order chi connectivity index (χ0) is 20.4. The van der Waals surface area contributed by atoms with E-state index in [9.17, 15) is 4.79 Å². The number of nitrogens with one attached hydrogen (secondary N) is 3. The third kappa shape index (κ3) is 6.51. The standard InChI is InChI=1S/C20H33N5O3/c1-5-8-22-19(26)6-9-23-20(21-2)24-15-7-10-25(14-15)16-11-17(27-3)13-18(12-16)28-4/h11-13,15H,5-10,14H2,1-4H3,(H,22,26)(H2,21,23,24). The molecule has 1 heterocycles. The average Bonchev–Trinajstić information content (AvgIpc) is 3.19. The summed E-state index contributed by atoms with van der Waals surface area (Å²) in [7, 11) is 5.06. The van der Waals surface area contributed by atoms with Gasteiger partial charge >= 0.3 is 0 Å². The van der Waals surface area contributed by atoms with Crippen LogP contribution in [0.3, 0.4) is 0 Å². The van der Waals surface area contributed by atoms with E-state index >= 15 is 0 Å². The second-order valence-corrected chi connectivity index (χ2v) is 6.75. The van der Waals surface area contributed by atoms with Gasteiger partial charge in [0, 0.05) is 69.6 Å². The van der Waals surface area contributed by atoms with Crippen LogP contribution in [0.4, 0.5) is 5.69 Å². The first-order valence-corrected chi connectivity index (χ1v) is 9.81. The summed E-state index contributed by atoms with van der Waals surface area (Å²) in [6.07, 6.45) is 2.37. The molecule has 0 aliphatic carbocycles. The molecule has 1 aromatic rings. The Bertz CT molecular complexity index is 643. The van der Waals surface area contributed by atoms with Crippen molar-refractivity contribution in [1.29, 1.82) is 0 Å². The quantitative estimate of drug-likeness (QED) is 0.435. The lowest BCUT2D eigenvalue weighted by atomic mass is 10.2. The van der Waals surface area contributed by atoms with Gasteiger partial charge in [0.1, 0.15) is 11.5 Å². The number of benzene rings is 1. The highest BCUT2D eigenvalue weighted by atomic mass is 16.5. The summed E-state index contributed by atoms with van der Waals surface area (Å²) < 4.78 is 10.7. The van der Waals surface area contributed by atoms with Gasteiger partial charge in [-0.1, -0.05) is 6.92 Å². The molecule has 1 amide bonds. The number of aliphatic imine (C=N–C) groups is 1. The van der Waals surface area contributed by atoms with Gasteiger partial charge in [0.15, 0.2) is 5.96 Å². The van der Waals surface area contributed by atoms with Crippen molar-refractivity contribution < 1.29 is 14.3 Å². The van der Waals surface area contributed by atoms with Crippen LogP contribution in [-0.2, 0) is 4.79 Å². The molecule has 3 N–H and O–H groups in total. The van der Waals surface area contributed by atoms with Gasteiger partial charge < -0.3 is 30.3 Å². The highest BCUT2D eigenvalue weighted by molar-refractivity contribution is 5.81. The molecule has 1 atom stereocenters. The number of anilines is 1. The molecular formula is C20H33N5O3. The Morgan fingerprint density at radius 2 is 1.89 bits per heavy atom. The normalized spacial score (nSPS) is 16.6. The largest absolute Gasteiger partial charge is 0.497 e. The molecule has 1 aliphatic rings. The van der Waals surface area contributed by atoms with E-state index in [0.29, 0.717) is 13.0 Å². The van der Waals surface area contributed by atoms with Crippen molar-refractivity contribution in [3.63, 3.8) is 0 Å². The summed E-state index contributed by atoms with van der Waals surface area (Å²) in [5.41, 5.74) is 1.08. The Balaban J connectivity index is 1.83. The molecular weight excluding hydrogens is 358 g/mol. The van der Waals surface area contributed by atoms with Gasteiger partial charge in [-0.25, -0.2) is 0 Å². The molecule has 0 radical (unpaired) electrons. The lowest BCUT2D eigenvalue weighted by Crippen LogP contribution is -2.45. The van der Waals surface area contributed by atoms with Crippen LogP contribution in [-0.4, -0.2) is 65.4 Å². The fraction of sp³-hybridized carbons (Fsp3) is 0.600. The maximum Gasteiger partial charge on any atom is 0.221 e. The summed E-state index contributed by atoms with van der Waals surface area (Å²) in [5, 5.41) is 9.53. The predicted molar refractivity (Wildman–Crippen MR) is 113 cm³/mol. The minimum absolute atomic E-state index is 0.0591. The van der Waals surface area contributed by atoms with E-state index in [4.69, 9.17) is 9.47 Å². The molecule has 1 fully saturated rings. The smallest absolute Gasteiger partial charge is 0.221 e. The lowest BCUT2D eigenvalue weighted by Gasteiger charge is -2.21. The first-order valence-electron chi connectivity index (χ1n) is 9.81. The molecule has 0 spiro atoms. The van der Waals surface area contributed by atoms with E-state index in [-0.39, 0.29) is 11.9 Å². The van der Waals surface area contributed by atoms with Gasteiger partial charge in [0.25, 0.3) is 0 Å². The van der Waals surface area contributed by atoms with Gasteiger partial charge in [0.2, 0.25) is 5.91 Å². The van der Waals surface area contributed by atoms with E-state index in [0.717, 1.165) is 55.6 Å². The Labute approximate surface area is 167 Å². The summed E-state index contributed by atoms with van der Waals surface area (Å²) in [5.74, 6) is 2.34. The van der Waals surface area contributed by atoms with Crippen LogP contribution in [0.1, 0.15) is 26.2 Å². The van der Waals surface area contributed by atoms with Crippen LogP contribution in [0, 0.1) is 0 Å². The summed E-state index contributed by atoms with van der Waals surface area (Å²) in [4.78, 5) is 18.2. The Morgan fingerprint density at radius 3 is 2.50 bits per heavy atom. The number of hydrogen-bond donors (Lipinski definition) is 3. The Hall–Kier alpha value is -2.64. The van der Waals surface area contributed by atoms with Gasteiger partial charge in [-0.3, -0.25) is 9.79 Å². The molecule has 0 saturated carbocycles. The average molecular weight is 392 g/mol. The number of hydrogen-bond acceptors (Lipinski definition) is 5. The fourth-order valence-corrected chi connectivity index (χ4v) is 3.12. The maximum absolute atomic E-state index is 11.7. The molecule has 0 bridgehead atoms. The number of carbonyl (C=O) groups excluding carboxylic acids is 1. The van der Waals surface area contributed by atoms with Crippen LogP contribution in [0.15, 0.2) is 23.2 Å². The van der Waals surface area contributed by atoms with Crippen molar-refractivity contribution in [3.05, 3.63) is 18.2 Å². The van der Waals surface area contributed by atoms with Crippen LogP contribution < -0.4 is 30.3 Å². The van der Waals surface area contributed by atoms with Crippen LogP contribution >= 0.6 is 0 Å². The summed E-state index contributed by atoms with van der Waals surface area (Å²) in [6.45, 7) is 5.10. The second kappa shape index (κ2) is 11.3. The molecule has 28 heavy (non-hydrogen) atoms. The zero-order valence-electron chi connectivity index (χ0n) is 17.4. The van der Waals surface area contributed by atoms with Crippen LogP contribution in [0.5, 0.6) is 11.5 Å². The van der Waals surface area contributed by atoms with Gasteiger partial charge in [-0.05, 0) is 12.8 Å². The molecule has 8 heteroatoms. The summed E-state index contributed by atoms with van der Waals surface area (Å²) >= 11 is 0. The molecule has 1 saturated heterocycles. The van der Waals surface area contributed by atoms with Crippen molar-refractivity contribution in [2.24, 2.45) is 4.99 Å². The SMILES string of the molecule is CCCNC(=O)CCNC(=NC)NC1CCN(c2cc(OC)cc(OC)c2)C1. The van der Waals surface area contributed by atoms with Crippen molar-refractivity contribution in [2.45, 2.75) is 32.2 Å². The minimum Gasteiger partial charge on any atom is -0.497 e. The number of methoxy groups -OCH3 is 2. The molecule has 156 valence electrons. The van der Waals surface area contributed by atoms with Crippen LogP contribution in [0.25, 0.3) is 0 Å². The molecule has 1 unspecified atom stereocenters. The van der Waals surface area contributed by atoms with Gasteiger partial charge in [0.05, 0.1) is 14.2 Å². The monoisotopic (exact) mass is 391 g/mol. The van der Waals surface area contributed by atoms with Gasteiger partial charge in [-0.2, -0.15) is 0 Å². The minimum atomic E-state index is 0.0591. The number of guanidine groups is 1. The number of carbonyl (C=O) groups is 1. The van der Waals surface area contributed by atoms with E-state index < -0.39 is 0 Å². The third-order valence-corrected chi connectivity index (χ3v) is 4.67. The number of amides is 1. The van der Waals surface area contributed by atoms with E-state index in [1.54, 1.807) is 21.3 Å². The Kier molecular flexibility index (Phi) is 8.71. The summed E-state index contributed by atoms with van der Waals surface area (Å²) in [6, 6.07) is 6.19. The second-order valence-electron chi connectivity index (χ2n) is 6.75. The number of ether oxygens (including phenoxy) is 2. The molecule has 1 aliphatic heterocycles. The number of rotatable bonds is 9. The lowest BCUT2D eigenvalue weighted by molar-refractivity contribution is -0.120. The highest BCUT2D eigenvalue weighted by Crippen LogP contribution is 2.30. The van der Waals surface area contributed by atoms with E-state index in [1.165, 1.54) is 0 Å². The van der Waals surface area contributed by atoms with E-state index in [2.05, 4.69) is 25.8 Å². The fourth-order valence-electron chi connectivity index (χ4n) is 3.12. The molecule has 8 nitrogen and oxygen atoms in total. The van der Waals surface area contributed by atoms with Crippen LogP contribution in [0.2, 0.25) is 0 Å². The zero-order valence-corrected chi connectivity index (χ0v) is 17.4. The van der Waals surface area contributed by atoms with E-state index in [1.807, 2.05) is 25.1 Å². The first-order chi connectivity index (χ1) is 13.6. The van der Waals surface area contributed by atoms with Crippen molar-refractivity contribution in [1.82, 2.24) is 16.0 Å². The van der Waals surface area contributed by atoms with Gasteiger partial charge in [-0.15, -0.1) is 0 Å². The third-order valence-electron chi connectivity index (χ3n) is 4.67. The van der Waals surface area contributed by atoms with Crippen molar-refractivity contribution >= 4 is 17.6 Å². The first kappa shape index (κ1) is 21.7. The van der Waals surface area contributed by atoms with Crippen molar-refractivity contribution in [2.75, 3.05) is 52.3 Å². The maximum atomic E-state index is 11.7. The van der Waals surface area contributed by atoms with Crippen molar-refractivity contribution in [3.8, 4) is 11.5 Å². The molecule has 0 aromatic heterocycles. The molecule has 2 rings (SSSR count). The Morgan fingerprint density at radius 1 is 1.18 bits per heavy atom. The highest BCUT2D eigenvalue weighted by Gasteiger charge is 2.24. The topological polar surface area (TPSA) is 87.2 Å². The predicted octanol–water partition coefficient (Wildman–Crippen LogP) is 1.36. The molecule has 1 aromatic carbocycles.